The third-order valence-corrected chi connectivity index (χ3v) is 5.49. The van der Waals surface area contributed by atoms with Crippen molar-refractivity contribution in [2.24, 2.45) is 13.0 Å². The van der Waals surface area contributed by atoms with Crippen molar-refractivity contribution < 1.29 is 4.79 Å². The van der Waals surface area contributed by atoms with Crippen LogP contribution in [0.3, 0.4) is 0 Å². The zero-order valence-electron chi connectivity index (χ0n) is 14.4. The third-order valence-electron chi connectivity index (χ3n) is 4.37. The molecular formula is C17H27N3O2S. The van der Waals surface area contributed by atoms with E-state index in [0.29, 0.717) is 12.3 Å². The first kappa shape index (κ1) is 18.0. The molecule has 0 radical (unpaired) electrons. The number of piperidine rings is 1. The molecule has 0 aromatic carbocycles. The highest BCUT2D eigenvalue weighted by Gasteiger charge is 2.19. The number of aromatic nitrogens is 2. The Morgan fingerprint density at radius 3 is 2.74 bits per heavy atom. The van der Waals surface area contributed by atoms with Crippen molar-refractivity contribution in [1.82, 2.24) is 14.5 Å². The largest absolute Gasteiger partial charge is 0.343 e. The maximum Gasteiger partial charge on any atom is 0.254 e. The molecule has 0 unspecified atom stereocenters. The van der Waals surface area contributed by atoms with Crippen LogP contribution in [0.15, 0.2) is 16.0 Å². The lowest BCUT2D eigenvalue weighted by molar-refractivity contribution is -0.132. The van der Waals surface area contributed by atoms with Crippen molar-refractivity contribution in [2.45, 2.75) is 51.1 Å². The van der Waals surface area contributed by atoms with Gasteiger partial charge in [0.2, 0.25) is 5.91 Å². The highest BCUT2D eigenvalue weighted by atomic mass is 32.2. The predicted molar refractivity (Wildman–Crippen MR) is 93.8 cm³/mol. The lowest BCUT2D eigenvalue weighted by Crippen LogP contribution is -2.37. The van der Waals surface area contributed by atoms with Gasteiger partial charge < -0.3 is 4.90 Å². The Morgan fingerprint density at radius 1 is 1.35 bits per heavy atom. The van der Waals surface area contributed by atoms with Gasteiger partial charge in [0.25, 0.3) is 5.56 Å². The molecule has 0 N–H and O–H groups in total. The van der Waals surface area contributed by atoms with E-state index in [1.807, 2.05) is 11.8 Å². The predicted octanol–water partition coefficient (Wildman–Crippen LogP) is 2.61. The third kappa shape index (κ3) is 5.37. The van der Waals surface area contributed by atoms with Crippen molar-refractivity contribution in [1.29, 1.82) is 0 Å². The minimum absolute atomic E-state index is 0.0190. The van der Waals surface area contributed by atoms with Crippen molar-refractivity contribution in [3.63, 3.8) is 0 Å². The number of likely N-dealkylation sites (tertiary alicyclic amines) is 1. The number of carbonyl (C=O) groups is 1. The normalized spacial score (nSPS) is 15.9. The molecule has 1 amide bonds. The summed E-state index contributed by atoms with van der Waals surface area (Å²) < 4.78 is 1.58. The molecule has 23 heavy (non-hydrogen) atoms. The van der Waals surface area contributed by atoms with Gasteiger partial charge in [0.05, 0.1) is 0 Å². The maximum absolute atomic E-state index is 12.1. The van der Waals surface area contributed by atoms with Gasteiger partial charge >= 0.3 is 0 Å². The summed E-state index contributed by atoms with van der Waals surface area (Å²) in [6.45, 7) is 5.93. The molecule has 0 aliphatic carbocycles. The number of unbranched alkanes of at least 4 members (excludes halogenated alkanes) is 1. The van der Waals surface area contributed by atoms with E-state index in [-0.39, 0.29) is 5.56 Å². The molecular weight excluding hydrogens is 310 g/mol. The van der Waals surface area contributed by atoms with Crippen LogP contribution in [0.4, 0.5) is 0 Å². The molecule has 0 spiro atoms. The van der Waals surface area contributed by atoms with Gasteiger partial charge in [-0.05, 0) is 38.5 Å². The molecule has 0 atom stereocenters. The van der Waals surface area contributed by atoms with Gasteiger partial charge in [-0.3, -0.25) is 14.2 Å². The van der Waals surface area contributed by atoms with E-state index in [1.165, 1.54) is 0 Å². The molecule has 1 fully saturated rings. The smallest absolute Gasteiger partial charge is 0.254 e. The number of rotatable bonds is 6. The van der Waals surface area contributed by atoms with Crippen LogP contribution in [0.2, 0.25) is 0 Å². The number of nitrogens with zero attached hydrogens (tertiary/aromatic N) is 3. The Labute approximate surface area is 142 Å². The minimum Gasteiger partial charge on any atom is -0.343 e. The monoisotopic (exact) mass is 337 g/mol. The lowest BCUT2D eigenvalue weighted by Gasteiger charge is -2.30. The Balaban J connectivity index is 1.68. The van der Waals surface area contributed by atoms with Gasteiger partial charge in [0.15, 0.2) is 5.16 Å². The molecule has 1 aromatic heterocycles. The van der Waals surface area contributed by atoms with Crippen LogP contribution in [0.1, 0.15) is 44.7 Å². The van der Waals surface area contributed by atoms with E-state index in [1.54, 1.807) is 29.4 Å². The Bertz CT molecular complexity index is 592. The fraction of sp³-hybridized carbons (Fsp3) is 0.706. The van der Waals surface area contributed by atoms with E-state index in [4.69, 9.17) is 0 Å². The fourth-order valence-electron chi connectivity index (χ4n) is 2.71. The summed E-state index contributed by atoms with van der Waals surface area (Å²) in [5.74, 6) is 1.93. The molecule has 1 saturated heterocycles. The highest BCUT2D eigenvalue weighted by Crippen LogP contribution is 2.19. The number of hydrogen-bond donors (Lipinski definition) is 0. The van der Waals surface area contributed by atoms with Crippen molar-refractivity contribution in [3.8, 4) is 0 Å². The first-order valence-corrected chi connectivity index (χ1v) is 9.41. The van der Waals surface area contributed by atoms with Crippen LogP contribution in [0.25, 0.3) is 0 Å². The van der Waals surface area contributed by atoms with Gasteiger partial charge in [0, 0.05) is 44.1 Å². The Hall–Kier alpha value is -1.30. The molecule has 5 nitrogen and oxygen atoms in total. The molecule has 2 heterocycles. The van der Waals surface area contributed by atoms with Gasteiger partial charge in [-0.2, -0.15) is 0 Å². The first-order valence-electron chi connectivity index (χ1n) is 8.42. The van der Waals surface area contributed by atoms with E-state index >= 15 is 0 Å². The SMILES string of the molecule is Cc1cc(=O)n(C)c(SCCCCC(=O)N2CCC(C)CC2)n1. The molecule has 1 aromatic rings. The van der Waals surface area contributed by atoms with Gasteiger partial charge in [-0.25, -0.2) is 4.98 Å². The summed E-state index contributed by atoms with van der Waals surface area (Å²) in [6.07, 6.45) is 4.76. The maximum atomic E-state index is 12.1. The number of thioether (sulfide) groups is 1. The molecule has 2 rings (SSSR count). The van der Waals surface area contributed by atoms with Crippen molar-refractivity contribution >= 4 is 17.7 Å². The average molecular weight is 337 g/mol. The summed E-state index contributed by atoms with van der Waals surface area (Å²) >= 11 is 1.59. The number of aryl methyl sites for hydroxylation is 1. The molecule has 6 heteroatoms. The molecule has 1 aliphatic heterocycles. The van der Waals surface area contributed by atoms with Crippen molar-refractivity contribution in [2.75, 3.05) is 18.8 Å². The number of hydrogen-bond acceptors (Lipinski definition) is 4. The van der Waals surface area contributed by atoms with Crippen LogP contribution in [0, 0.1) is 12.8 Å². The summed E-state index contributed by atoms with van der Waals surface area (Å²) in [7, 11) is 1.75. The summed E-state index contributed by atoms with van der Waals surface area (Å²) in [5, 5.41) is 0.756. The molecule has 0 saturated carbocycles. The first-order chi connectivity index (χ1) is 11.0. The van der Waals surface area contributed by atoms with E-state index in [0.717, 1.165) is 61.3 Å². The summed E-state index contributed by atoms with van der Waals surface area (Å²) in [6, 6.07) is 1.54. The minimum atomic E-state index is -0.0190. The second kappa shape index (κ2) is 8.52. The highest BCUT2D eigenvalue weighted by molar-refractivity contribution is 7.99. The standard InChI is InChI=1S/C17H27N3O2S/c1-13-7-9-20(10-8-13)15(21)6-4-5-11-23-17-18-14(2)12-16(22)19(17)3/h12-13H,4-11H2,1-3H3. The van der Waals surface area contributed by atoms with Crippen LogP contribution < -0.4 is 5.56 Å². The zero-order chi connectivity index (χ0) is 16.8. The lowest BCUT2D eigenvalue weighted by atomic mass is 9.99. The molecule has 128 valence electrons. The van der Waals surface area contributed by atoms with Crippen LogP contribution in [0.5, 0.6) is 0 Å². The second-order valence-electron chi connectivity index (χ2n) is 6.45. The van der Waals surface area contributed by atoms with Gasteiger partial charge in [0.1, 0.15) is 0 Å². The van der Waals surface area contributed by atoms with Crippen molar-refractivity contribution in [3.05, 3.63) is 22.1 Å². The number of amides is 1. The van der Waals surface area contributed by atoms with Gasteiger partial charge in [-0.1, -0.05) is 18.7 Å². The topological polar surface area (TPSA) is 55.2 Å². The summed E-state index contributed by atoms with van der Waals surface area (Å²) in [4.78, 5) is 30.2. The molecule has 1 aliphatic rings. The van der Waals surface area contributed by atoms with Crippen LogP contribution in [-0.2, 0) is 11.8 Å². The van der Waals surface area contributed by atoms with Crippen LogP contribution in [-0.4, -0.2) is 39.2 Å². The molecule has 0 bridgehead atoms. The van der Waals surface area contributed by atoms with E-state index < -0.39 is 0 Å². The average Bonchev–Trinajstić information content (AvgIpc) is 2.52. The zero-order valence-corrected chi connectivity index (χ0v) is 15.2. The second-order valence-corrected chi connectivity index (χ2v) is 7.51. The Morgan fingerprint density at radius 2 is 2.04 bits per heavy atom. The number of carbonyl (C=O) groups excluding carboxylic acids is 1. The Kier molecular flexibility index (Phi) is 6.69. The quantitative estimate of drug-likeness (QED) is 0.455. The van der Waals surface area contributed by atoms with E-state index in [2.05, 4.69) is 11.9 Å². The van der Waals surface area contributed by atoms with Gasteiger partial charge in [-0.15, -0.1) is 0 Å². The van der Waals surface area contributed by atoms with Crippen LogP contribution >= 0.6 is 11.8 Å². The summed E-state index contributed by atoms with van der Waals surface area (Å²) in [5.41, 5.74) is 0.736. The fourth-order valence-corrected chi connectivity index (χ4v) is 3.74. The van der Waals surface area contributed by atoms with E-state index in [9.17, 15) is 9.59 Å².